The number of carbonyl (C=O) groups excluding carboxylic acids is 2. The van der Waals surface area contributed by atoms with E-state index in [1.54, 1.807) is 20.8 Å². The van der Waals surface area contributed by atoms with Crippen LogP contribution < -0.4 is 0 Å². The number of esters is 2. The lowest BCUT2D eigenvalue weighted by molar-refractivity contribution is -0.164. The molecule has 1 rings (SSSR count). The maximum absolute atomic E-state index is 12.7. The highest BCUT2D eigenvalue weighted by molar-refractivity contribution is 7.47. The Morgan fingerprint density at radius 3 is 2.26 bits per heavy atom. The van der Waals surface area contributed by atoms with Crippen LogP contribution in [0.25, 0.3) is 0 Å². The normalized spacial score (nSPS) is 20.1. The van der Waals surface area contributed by atoms with Crippen molar-refractivity contribution in [2.24, 2.45) is 10.8 Å². The molecule has 0 radical (unpaired) electrons. The molecule has 0 amide bonds. The van der Waals surface area contributed by atoms with Crippen LogP contribution in [0.5, 0.6) is 0 Å². The largest absolute Gasteiger partial charge is 0.472 e. The summed E-state index contributed by atoms with van der Waals surface area (Å²) in [5.41, 5.74) is -1.82. The summed E-state index contributed by atoms with van der Waals surface area (Å²) in [4.78, 5) is 36.7. The number of carbonyl (C=O) groups is 2. The van der Waals surface area contributed by atoms with Crippen LogP contribution in [0.4, 0.5) is 0 Å². The van der Waals surface area contributed by atoms with E-state index in [1.807, 2.05) is 25.8 Å². The first kappa shape index (κ1) is 28.0. The molecule has 0 spiro atoms. The molecule has 1 N–H and O–H groups in total. The van der Waals surface area contributed by atoms with Crippen molar-refractivity contribution in [3.8, 4) is 0 Å². The van der Waals surface area contributed by atoms with Crippen molar-refractivity contribution in [3.05, 3.63) is 0 Å². The maximum Gasteiger partial charge on any atom is 0.472 e. The van der Waals surface area contributed by atoms with Gasteiger partial charge in [-0.15, -0.1) is 0 Å². The Labute approximate surface area is 185 Å². The molecule has 3 unspecified atom stereocenters. The molecular weight excluding hydrogens is 429 g/mol. The zero-order valence-corrected chi connectivity index (χ0v) is 20.4. The van der Waals surface area contributed by atoms with Gasteiger partial charge < -0.3 is 24.0 Å². The molecule has 3 atom stereocenters. The van der Waals surface area contributed by atoms with E-state index in [0.717, 1.165) is 6.54 Å². The lowest BCUT2D eigenvalue weighted by atomic mass is 9.72. The van der Waals surface area contributed by atoms with Crippen molar-refractivity contribution in [1.29, 1.82) is 0 Å². The number of nitrogens with zero attached hydrogens (tertiary/aromatic N) is 1. The molecule has 0 aromatic rings. The van der Waals surface area contributed by atoms with Gasteiger partial charge in [0.25, 0.3) is 0 Å². The lowest BCUT2D eigenvalue weighted by Crippen LogP contribution is -2.39. The van der Waals surface area contributed by atoms with Gasteiger partial charge in [-0.1, -0.05) is 13.8 Å². The second-order valence-electron chi connectivity index (χ2n) is 8.70. The molecule has 182 valence electrons. The van der Waals surface area contributed by atoms with Crippen molar-refractivity contribution in [3.63, 3.8) is 0 Å². The van der Waals surface area contributed by atoms with Gasteiger partial charge in [0, 0.05) is 6.54 Å². The fraction of sp³-hybridized carbons (Fsp3) is 0.900. The first-order valence-electron chi connectivity index (χ1n) is 10.6. The topological polar surface area (TPSA) is 124 Å². The molecular formula is C20H38NO9P. The summed E-state index contributed by atoms with van der Waals surface area (Å²) in [7, 11) is -2.35. The van der Waals surface area contributed by atoms with E-state index in [0.29, 0.717) is 19.6 Å². The fourth-order valence-corrected chi connectivity index (χ4v) is 3.58. The monoisotopic (exact) mass is 467 g/mol. The minimum atomic E-state index is -4.21. The van der Waals surface area contributed by atoms with E-state index in [1.165, 1.54) is 0 Å². The molecule has 0 bridgehead atoms. The average molecular weight is 467 g/mol. The summed E-state index contributed by atoms with van der Waals surface area (Å²) in [5.74, 6) is -0.908. The second-order valence-corrected chi connectivity index (χ2v) is 10.1. The highest BCUT2D eigenvalue weighted by atomic mass is 31.2. The fourth-order valence-electron chi connectivity index (χ4n) is 2.89. The van der Waals surface area contributed by atoms with Gasteiger partial charge in [-0.3, -0.25) is 18.6 Å². The number of epoxide rings is 1. The third-order valence-electron chi connectivity index (χ3n) is 5.30. The first-order chi connectivity index (χ1) is 14.3. The number of likely N-dealkylation sites (N-methyl/N-ethyl adjacent to an activating group) is 1. The van der Waals surface area contributed by atoms with E-state index < -0.39 is 30.6 Å². The van der Waals surface area contributed by atoms with E-state index in [2.05, 4.69) is 0 Å². The predicted molar refractivity (Wildman–Crippen MR) is 113 cm³/mol. The van der Waals surface area contributed by atoms with Crippen molar-refractivity contribution in [1.82, 2.24) is 4.90 Å². The van der Waals surface area contributed by atoms with Gasteiger partial charge in [0.2, 0.25) is 0 Å². The third-order valence-corrected chi connectivity index (χ3v) is 6.32. The molecule has 1 fully saturated rings. The van der Waals surface area contributed by atoms with E-state index >= 15 is 0 Å². The summed E-state index contributed by atoms with van der Waals surface area (Å²) < 4.78 is 37.1. The summed E-state index contributed by atoms with van der Waals surface area (Å²) in [5, 5.41) is 0. The van der Waals surface area contributed by atoms with Crippen LogP contribution in [0.2, 0.25) is 0 Å². The molecule has 31 heavy (non-hydrogen) atoms. The number of phosphoric ester groups is 1. The Hall–Kier alpha value is -1.03. The summed E-state index contributed by atoms with van der Waals surface area (Å²) >= 11 is 0. The van der Waals surface area contributed by atoms with Crippen LogP contribution in [0.1, 0.15) is 47.5 Å². The molecule has 0 aromatic carbocycles. The van der Waals surface area contributed by atoms with E-state index in [4.69, 9.17) is 23.3 Å². The Bertz CT molecular complexity index is 638. The van der Waals surface area contributed by atoms with Crippen LogP contribution in [0.15, 0.2) is 0 Å². The Kier molecular flexibility index (Phi) is 11.1. The lowest BCUT2D eigenvalue weighted by Gasteiger charge is -2.33. The number of ether oxygens (including phenoxy) is 3. The van der Waals surface area contributed by atoms with Gasteiger partial charge in [0.1, 0.15) is 19.3 Å². The number of hydrogen-bond acceptors (Lipinski definition) is 9. The molecule has 1 aliphatic rings. The van der Waals surface area contributed by atoms with Crippen LogP contribution in [0.3, 0.4) is 0 Å². The third kappa shape index (κ3) is 10.4. The molecule has 10 nitrogen and oxygen atoms in total. The molecule has 11 heteroatoms. The number of rotatable bonds is 16. The molecule has 1 saturated heterocycles. The molecule has 0 aliphatic carbocycles. The Morgan fingerprint density at radius 2 is 1.71 bits per heavy atom. The van der Waals surface area contributed by atoms with Gasteiger partial charge in [0.15, 0.2) is 0 Å². The maximum atomic E-state index is 12.7. The van der Waals surface area contributed by atoms with Crippen LogP contribution >= 0.6 is 7.82 Å². The van der Waals surface area contributed by atoms with Crippen molar-refractivity contribution in [2.45, 2.75) is 53.6 Å². The van der Waals surface area contributed by atoms with Crippen LogP contribution in [0, 0.1) is 10.8 Å². The SMILES string of the molecule is CCN(C)CCOP(=O)(O)OCCOC(=O)C(C)(CC)CC(C)(C)C(=O)OCC1CO1. The highest BCUT2D eigenvalue weighted by Crippen LogP contribution is 2.43. The molecule has 1 heterocycles. The van der Waals surface area contributed by atoms with E-state index in [9.17, 15) is 19.0 Å². The quantitative estimate of drug-likeness (QED) is 0.157. The van der Waals surface area contributed by atoms with Gasteiger partial charge in [-0.05, 0) is 47.2 Å². The number of hydrogen-bond donors (Lipinski definition) is 1. The van der Waals surface area contributed by atoms with Crippen molar-refractivity contribution < 1.29 is 42.3 Å². The summed E-state index contributed by atoms with van der Waals surface area (Å²) in [6.07, 6.45) is 0.649. The minimum absolute atomic E-state index is 0.0266. The van der Waals surface area contributed by atoms with Crippen molar-refractivity contribution >= 4 is 19.8 Å². The average Bonchev–Trinajstić information content (AvgIpc) is 3.52. The van der Waals surface area contributed by atoms with Crippen LogP contribution in [-0.4, -0.2) is 81.0 Å². The van der Waals surface area contributed by atoms with Gasteiger partial charge >= 0.3 is 19.8 Å². The first-order valence-corrected chi connectivity index (χ1v) is 12.1. The number of phosphoric acid groups is 1. The zero-order valence-electron chi connectivity index (χ0n) is 19.5. The van der Waals surface area contributed by atoms with Gasteiger partial charge in [-0.2, -0.15) is 0 Å². The minimum Gasteiger partial charge on any atom is -0.463 e. The van der Waals surface area contributed by atoms with Crippen molar-refractivity contribution in [2.75, 3.05) is 53.2 Å². The Balaban J connectivity index is 2.44. The summed E-state index contributed by atoms with van der Waals surface area (Å²) in [6.45, 7) is 10.6. The van der Waals surface area contributed by atoms with Crippen LogP contribution in [-0.2, 0) is 37.4 Å². The zero-order chi connectivity index (χ0) is 23.7. The smallest absolute Gasteiger partial charge is 0.463 e. The molecule has 0 saturated carbocycles. The van der Waals surface area contributed by atoms with E-state index in [-0.39, 0.29) is 39.0 Å². The predicted octanol–water partition coefficient (Wildman–Crippen LogP) is 2.39. The standard InChI is InChI=1S/C20H38NO9P/c1-7-20(5,15-19(3,4)17(22)28-14-16-13-27-16)18(23)26-11-12-30-31(24,25)29-10-9-21(6)8-2/h16H,7-15H2,1-6H3,(H,24,25). The molecule has 1 aliphatic heterocycles. The second kappa shape index (κ2) is 12.3. The Morgan fingerprint density at radius 1 is 1.10 bits per heavy atom. The van der Waals surface area contributed by atoms with Gasteiger partial charge in [0.05, 0.1) is 30.7 Å². The molecule has 0 aromatic heterocycles. The highest BCUT2D eigenvalue weighted by Gasteiger charge is 2.43. The van der Waals surface area contributed by atoms with Gasteiger partial charge in [-0.25, -0.2) is 4.57 Å². The summed E-state index contributed by atoms with van der Waals surface area (Å²) in [6, 6.07) is 0.